The Balaban J connectivity index is 1.71. The van der Waals surface area contributed by atoms with E-state index in [0.717, 1.165) is 25.7 Å². The number of nitrogens with one attached hydrogen (secondary N) is 2. The van der Waals surface area contributed by atoms with Crippen molar-refractivity contribution in [1.82, 2.24) is 20.5 Å². The van der Waals surface area contributed by atoms with Gasteiger partial charge in [0, 0.05) is 18.5 Å². The van der Waals surface area contributed by atoms with Gasteiger partial charge in [-0.05, 0) is 19.3 Å². The Morgan fingerprint density at radius 3 is 2.66 bits per heavy atom. The van der Waals surface area contributed by atoms with Crippen molar-refractivity contribution in [2.75, 3.05) is 30.0 Å². The number of amides is 2. The molecule has 2 atom stereocenters. The predicted molar refractivity (Wildman–Crippen MR) is 115 cm³/mol. The molecule has 1 aromatic rings. The van der Waals surface area contributed by atoms with Gasteiger partial charge in [-0.15, -0.1) is 0 Å². The number of aryl methyl sites for hydroxylation is 1. The van der Waals surface area contributed by atoms with Gasteiger partial charge in [0.25, 0.3) is 0 Å². The van der Waals surface area contributed by atoms with Crippen LogP contribution in [0, 0.1) is 30.0 Å². The molecule has 0 bridgehead atoms. The standard InChI is InChI=1S/C21H33FN6O4/c1-13-23-18(17(22)19(24-13)27-10-16(30)21(2,3)11-27)25-26-20(31)15(9-28(32)12-29)8-14-6-4-5-7-14/h12,14-16,30,32H,4-11H2,1-3H3,(H,26,31)(H,23,24,25)/t15-,16-/m1/s1. The molecule has 1 saturated heterocycles. The van der Waals surface area contributed by atoms with Crippen LogP contribution in [0.3, 0.4) is 0 Å². The van der Waals surface area contributed by atoms with Crippen molar-refractivity contribution in [3.8, 4) is 0 Å². The Kier molecular flexibility index (Phi) is 7.50. The highest BCUT2D eigenvalue weighted by atomic mass is 19.1. The van der Waals surface area contributed by atoms with E-state index < -0.39 is 29.2 Å². The lowest BCUT2D eigenvalue weighted by molar-refractivity contribution is -0.154. The molecule has 32 heavy (non-hydrogen) atoms. The summed E-state index contributed by atoms with van der Waals surface area (Å²) in [7, 11) is 0. The summed E-state index contributed by atoms with van der Waals surface area (Å²) in [5.41, 5.74) is 4.61. The van der Waals surface area contributed by atoms with Crippen molar-refractivity contribution in [1.29, 1.82) is 0 Å². The van der Waals surface area contributed by atoms with E-state index in [0.29, 0.717) is 29.8 Å². The largest absolute Gasteiger partial charge is 0.391 e. The van der Waals surface area contributed by atoms with E-state index in [1.54, 1.807) is 11.8 Å². The Bertz CT molecular complexity index is 833. The number of hydrazine groups is 1. The highest BCUT2D eigenvalue weighted by Crippen LogP contribution is 2.34. The van der Waals surface area contributed by atoms with Crippen molar-refractivity contribution >= 4 is 24.0 Å². The summed E-state index contributed by atoms with van der Waals surface area (Å²) in [5, 5.41) is 20.3. The number of carbonyl (C=O) groups is 2. The van der Waals surface area contributed by atoms with E-state index in [2.05, 4.69) is 20.8 Å². The average Bonchev–Trinajstić information content (AvgIpc) is 3.34. The van der Waals surface area contributed by atoms with Crippen LogP contribution in [-0.2, 0) is 9.59 Å². The van der Waals surface area contributed by atoms with Gasteiger partial charge in [0.2, 0.25) is 18.1 Å². The Morgan fingerprint density at radius 2 is 2.06 bits per heavy atom. The van der Waals surface area contributed by atoms with Crippen molar-refractivity contribution in [2.24, 2.45) is 17.3 Å². The molecule has 2 amide bonds. The van der Waals surface area contributed by atoms with Crippen LogP contribution in [0.25, 0.3) is 0 Å². The normalized spacial score (nSPS) is 21.4. The van der Waals surface area contributed by atoms with Gasteiger partial charge in [-0.2, -0.15) is 4.39 Å². The number of aliphatic hydroxyl groups is 1. The number of aliphatic hydroxyl groups excluding tert-OH is 1. The zero-order valence-electron chi connectivity index (χ0n) is 18.8. The van der Waals surface area contributed by atoms with Crippen molar-refractivity contribution in [2.45, 2.75) is 59.0 Å². The van der Waals surface area contributed by atoms with Gasteiger partial charge in [-0.25, -0.2) is 15.0 Å². The van der Waals surface area contributed by atoms with E-state index >= 15 is 4.39 Å². The topological polar surface area (TPSA) is 131 Å². The molecule has 178 valence electrons. The van der Waals surface area contributed by atoms with Crippen molar-refractivity contribution in [3.63, 3.8) is 0 Å². The van der Waals surface area contributed by atoms with Crippen molar-refractivity contribution < 1.29 is 24.3 Å². The first-order valence-electron chi connectivity index (χ1n) is 11.0. The molecule has 10 nitrogen and oxygen atoms in total. The van der Waals surface area contributed by atoms with Crippen LogP contribution in [0.1, 0.15) is 51.8 Å². The van der Waals surface area contributed by atoms with Crippen LogP contribution in [0.5, 0.6) is 0 Å². The minimum atomic E-state index is -0.732. The van der Waals surface area contributed by atoms with E-state index in [1.807, 2.05) is 13.8 Å². The van der Waals surface area contributed by atoms with Gasteiger partial charge in [0.1, 0.15) is 5.82 Å². The van der Waals surface area contributed by atoms with E-state index in [4.69, 9.17) is 0 Å². The smallest absolute Gasteiger partial charge is 0.243 e. The maximum Gasteiger partial charge on any atom is 0.243 e. The molecule has 0 aromatic carbocycles. The molecular formula is C21H33FN6O4. The molecule has 2 fully saturated rings. The van der Waals surface area contributed by atoms with Crippen molar-refractivity contribution in [3.05, 3.63) is 11.6 Å². The molecule has 2 aliphatic rings. The van der Waals surface area contributed by atoms with Gasteiger partial charge >= 0.3 is 0 Å². The summed E-state index contributed by atoms with van der Waals surface area (Å²) in [6.07, 6.45) is 4.37. The number of hydrogen-bond acceptors (Lipinski definition) is 8. The molecular weight excluding hydrogens is 419 g/mol. The number of hydroxylamine groups is 2. The molecule has 0 radical (unpaired) electrons. The second-order valence-corrected chi connectivity index (χ2v) is 9.57. The van der Waals surface area contributed by atoms with Crippen LogP contribution < -0.4 is 15.8 Å². The number of rotatable bonds is 9. The lowest BCUT2D eigenvalue weighted by Gasteiger charge is -2.24. The third-order valence-corrected chi connectivity index (χ3v) is 6.44. The lowest BCUT2D eigenvalue weighted by Crippen LogP contribution is -2.41. The first kappa shape index (κ1) is 24.1. The molecule has 1 aliphatic heterocycles. The van der Waals surface area contributed by atoms with Gasteiger partial charge in [-0.1, -0.05) is 39.5 Å². The number of anilines is 2. The maximum atomic E-state index is 15.2. The first-order chi connectivity index (χ1) is 15.1. The molecule has 1 aliphatic carbocycles. The van der Waals surface area contributed by atoms with E-state index in [1.165, 1.54) is 0 Å². The quantitative estimate of drug-likeness (QED) is 0.253. The number of β-amino-alcohol motifs (C(OH)–C–C–N with tert-alkyl or cyclic N) is 1. The number of carbonyl (C=O) groups excluding carboxylic acids is 2. The minimum absolute atomic E-state index is 0.0591. The molecule has 2 heterocycles. The van der Waals surface area contributed by atoms with Gasteiger partial charge in [0.05, 0.1) is 18.6 Å². The first-order valence-corrected chi connectivity index (χ1v) is 11.0. The number of nitrogens with zero attached hydrogens (tertiary/aromatic N) is 4. The van der Waals surface area contributed by atoms with Crippen LogP contribution in [-0.4, -0.2) is 63.4 Å². The second-order valence-electron chi connectivity index (χ2n) is 9.57. The lowest BCUT2D eigenvalue weighted by atomic mass is 9.90. The summed E-state index contributed by atoms with van der Waals surface area (Å²) in [5.74, 6) is -1.32. The van der Waals surface area contributed by atoms with Crippen LogP contribution >= 0.6 is 0 Å². The molecule has 4 N–H and O–H groups in total. The summed E-state index contributed by atoms with van der Waals surface area (Å²) in [6, 6.07) is 0. The Morgan fingerprint density at radius 1 is 1.38 bits per heavy atom. The van der Waals surface area contributed by atoms with Gasteiger partial charge < -0.3 is 10.0 Å². The zero-order chi connectivity index (χ0) is 23.5. The van der Waals surface area contributed by atoms with Gasteiger partial charge in [0.15, 0.2) is 11.6 Å². The van der Waals surface area contributed by atoms with Crippen LogP contribution in [0.15, 0.2) is 0 Å². The molecule has 0 spiro atoms. The second kappa shape index (κ2) is 9.95. The van der Waals surface area contributed by atoms with Crippen LogP contribution in [0.2, 0.25) is 0 Å². The molecule has 11 heteroatoms. The van der Waals surface area contributed by atoms with E-state index in [9.17, 15) is 19.9 Å². The highest BCUT2D eigenvalue weighted by Gasteiger charge is 2.40. The molecule has 1 saturated carbocycles. The fraction of sp³-hybridized carbons (Fsp3) is 0.714. The van der Waals surface area contributed by atoms with Crippen LogP contribution in [0.4, 0.5) is 16.0 Å². The maximum absolute atomic E-state index is 15.2. The van der Waals surface area contributed by atoms with E-state index in [-0.39, 0.29) is 31.1 Å². The SMILES string of the molecule is Cc1nc(NNC(=O)[C@H](CC2CCCC2)CN(O)C=O)c(F)c(N2C[C@@H](O)C(C)(C)C2)n1. The monoisotopic (exact) mass is 452 g/mol. The molecule has 1 aromatic heterocycles. The fourth-order valence-electron chi connectivity index (χ4n) is 4.52. The Labute approximate surface area is 187 Å². The number of hydrogen-bond donors (Lipinski definition) is 4. The average molecular weight is 453 g/mol. The summed E-state index contributed by atoms with van der Waals surface area (Å²) < 4.78 is 15.2. The van der Waals surface area contributed by atoms with Gasteiger partial charge in [-0.3, -0.25) is 25.6 Å². The summed E-state index contributed by atoms with van der Waals surface area (Å²) in [4.78, 5) is 33.5. The zero-order valence-corrected chi connectivity index (χ0v) is 18.8. The number of aromatic nitrogens is 2. The molecule has 0 unspecified atom stereocenters. The third-order valence-electron chi connectivity index (χ3n) is 6.44. The fourth-order valence-corrected chi connectivity index (χ4v) is 4.52. The summed E-state index contributed by atoms with van der Waals surface area (Å²) in [6.45, 7) is 5.94. The third kappa shape index (κ3) is 5.63. The number of halogens is 1. The minimum Gasteiger partial charge on any atom is -0.391 e. The predicted octanol–water partition coefficient (Wildman–Crippen LogP) is 1.62. The highest BCUT2D eigenvalue weighted by molar-refractivity contribution is 5.80. The molecule has 3 rings (SSSR count). The summed E-state index contributed by atoms with van der Waals surface area (Å²) >= 11 is 0. The Hall–Kier alpha value is -2.53.